The number of carboxylic acids is 1. The van der Waals surface area contributed by atoms with E-state index in [0.717, 1.165) is 29.7 Å². The van der Waals surface area contributed by atoms with Gasteiger partial charge < -0.3 is 9.67 Å². The molecule has 1 aliphatic carbocycles. The van der Waals surface area contributed by atoms with Crippen molar-refractivity contribution in [2.75, 3.05) is 0 Å². The van der Waals surface area contributed by atoms with E-state index < -0.39 is 5.97 Å². The van der Waals surface area contributed by atoms with E-state index in [4.69, 9.17) is 0 Å². The highest BCUT2D eigenvalue weighted by Gasteiger charge is 2.29. The molecule has 104 valence electrons. The van der Waals surface area contributed by atoms with Crippen molar-refractivity contribution in [1.82, 2.24) is 14.5 Å². The van der Waals surface area contributed by atoms with Gasteiger partial charge in [0.05, 0.1) is 17.3 Å². The minimum Gasteiger partial charge on any atom is -0.478 e. The number of rotatable bonds is 3. The van der Waals surface area contributed by atoms with Gasteiger partial charge in [-0.2, -0.15) is 0 Å². The quantitative estimate of drug-likeness (QED) is 0.799. The number of benzene rings is 1. The zero-order chi connectivity index (χ0) is 14.4. The first kappa shape index (κ1) is 12.1. The van der Waals surface area contributed by atoms with E-state index in [2.05, 4.69) is 14.5 Å². The van der Waals surface area contributed by atoms with Crippen molar-refractivity contribution in [3.8, 4) is 11.4 Å². The van der Waals surface area contributed by atoms with Gasteiger partial charge >= 0.3 is 5.97 Å². The van der Waals surface area contributed by atoms with Gasteiger partial charge in [-0.1, -0.05) is 18.2 Å². The van der Waals surface area contributed by atoms with Crippen molar-refractivity contribution in [1.29, 1.82) is 0 Å². The molecular weight excluding hydrogens is 266 g/mol. The van der Waals surface area contributed by atoms with E-state index in [1.807, 2.05) is 18.2 Å². The Bertz CT molecular complexity index is 850. The summed E-state index contributed by atoms with van der Waals surface area (Å²) in [4.78, 5) is 20.2. The minimum atomic E-state index is -0.932. The summed E-state index contributed by atoms with van der Waals surface area (Å²) >= 11 is 0. The Labute approximate surface area is 120 Å². The molecule has 1 N–H and O–H groups in total. The molecular formula is C16H13N3O2. The summed E-state index contributed by atoms with van der Waals surface area (Å²) in [6, 6.07) is 9.36. The normalized spacial score (nSPS) is 14.5. The second kappa shape index (κ2) is 4.41. The number of aromatic carboxylic acids is 1. The molecule has 1 aliphatic rings. The smallest absolute Gasteiger partial charge is 0.336 e. The van der Waals surface area contributed by atoms with Crippen molar-refractivity contribution in [2.45, 2.75) is 18.9 Å². The number of hydrogen-bond acceptors (Lipinski definition) is 3. The van der Waals surface area contributed by atoms with E-state index in [-0.39, 0.29) is 5.56 Å². The van der Waals surface area contributed by atoms with E-state index in [0.29, 0.717) is 11.6 Å². The average Bonchev–Trinajstić information content (AvgIpc) is 3.27. The van der Waals surface area contributed by atoms with Crippen LogP contribution in [0.4, 0.5) is 0 Å². The van der Waals surface area contributed by atoms with Crippen LogP contribution in [0.25, 0.3) is 22.4 Å². The summed E-state index contributed by atoms with van der Waals surface area (Å²) < 4.78 is 2.15. The van der Waals surface area contributed by atoms with Crippen LogP contribution in [0.2, 0.25) is 0 Å². The van der Waals surface area contributed by atoms with Crippen LogP contribution in [0.15, 0.2) is 42.7 Å². The molecule has 21 heavy (non-hydrogen) atoms. The summed E-state index contributed by atoms with van der Waals surface area (Å²) in [5.74, 6) is -0.211. The molecule has 0 saturated heterocycles. The lowest BCUT2D eigenvalue weighted by atomic mass is 10.1. The highest BCUT2D eigenvalue weighted by atomic mass is 16.4. The van der Waals surface area contributed by atoms with E-state index in [1.54, 1.807) is 24.5 Å². The van der Waals surface area contributed by atoms with Gasteiger partial charge in [0.25, 0.3) is 0 Å². The molecule has 0 bridgehead atoms. The molecule has 0 amide bonds. The van der Waals surface area contributed by atoms with Crippen LogP contribution >= 0.6 is 0 Å². The fourth-order valence-electron chi connectivity index (χ4n) is 2.71. The number of nitrogens with zero attached hydrogens (tertiary/aromatic N) is 3. The van der Waals surface area contributed by atoms with Crippen LogP contribution in [0.1, 0.15) is 29.2 Å². The molecule has 1 aromatic carbocycles. The van der Waals surface area contributed by atoms with Crippen LogP contribution in [-0.2, 0) is 0 Å². The Kier molecular flexibility index (Phi) is 2.54. The first-order valence-electron chi connectivity index (χ1n) is 6.90. The Morgan fingerprint density at radius 3 is 2.81 bits per heavy atom. The lowest BCUT2D eigenvalue weighted by Gasteiger charge is -2.09. The zero-order valence-electron chi connectivity index (χ0n) is 11.2. The Hall–Kier alpha value is -2.69. The van der Waals surface area contributed by atoms with Crippen molar-refractivity contribution in [3.63, 3.8) is 0 Å². The van der Waals surface area contributed by atoms with Crippen LogP contribution < -0.4 is 0 Å². The van der Waals surface area contributed by atoms with Crippen molar-refractivity contribution >= 4 is 17.0 Å². The second-order valence-electron chi connectivity index (χ2n) is 5.25. The summed E-state index contributed by atoms with van der Waals surface area (Å²) in [6.45, 7) is 0. The fraction of sp³-hybridized carbons (Fsp3) is 0.188. The zero-order valence-corrected chi connectivity index (χ0v) is 11.2. The van der Waals surface area contributed by atoms with Gasteiger partial charge in [0.2, 0.25) is 0 Å². The predicted molar refractivity (Wildman–Crippen MR) is 78.2 cm³/mol. The molecule has 1 saturated carbocycles. The number of imidazole rings is 1. The first-order valence-corrected chi connectivity index (χ1v) is 6.90. The molecule has 3 aromatic rings. The molecule has 4 rings (SSSR count). The van der Waals surface area contributed by atoms with Crippen LogP contribution in [-0.4, -0.2) is 25.6 Å². The topological polar surface area (TPSA) is 68.0 Å². The fourth-order valence-corrected chi connectivity index (χ4v) is 2.71. The van der Waals surface area contributed by atoms with E-state index in [9.17, 15) is 9.90 Å². The van der Waals surface area contributed by atoms with Crippen LogP contribution in [0, 0.1) is 0 Å². The predicted octanol–water partition coefficient (Wildman–Crippen LogP) is 3.13. The third-order valence-electron chi connectivity index (χ3n) is 3.80. The molecule has 0 spiro atoms. The summed E-state index contributed by atoms with van der Waals surface area (Å²) in [5, 5.41) is 9.40. The molecule has 0 aliphatic heterocycles. The summed E-state index contributed by atoms with van der Waals surface area (Å²) in [6.07, 6.45) is 5.68. The molecule has 5 nitrogen and oxygen atoms in total. The maximum Gasteiger partial charge on any atom is 0.336 e. The number of pyridine rings is 1. The van der Waals surface area contributed by atoms with Gasteiger partial charge in [-0.15, -0.1) is 0 Å². The van der Waals surface area contributed by atoms with Gasteiger partial charge in [0.1, 0.15) is 11.3 Å². The summed E-state index contributed by atoms with van der Waals surface area (Å²) in [5.41, 5.74) is 2.76. The Morgan fingerprint density at radius 1 is 1.24 bits per heavy atom. The summed E-state index contributed by atoms with van der Waals surface area (Å²) in [7, 11) is 0. The molecule has 0 atom stereocenters. The lowest BCUT2D eigenvalue weighted by Crippen LogP contribution is -2.04. The number of hydrogen-bond donors (Lipinski definition) is 1. The molecule has 5 heteroatoms. The molecule has 2 heterocycles. The SMILES string of the molecule is O=C(O)c1ccccc1-c1nc2cnccc2n1C1CC1. The van der Waals surface area contributed by atoms with Crippen molar-refractivity contribution < 1.29 is 9.90 Å². The number of fused-ring (bicyclic) bond motifs is 1. The van der Waals surface area contributed by atoms with Gasteiger partial charge in [0.15, 0.2) is 0 Å². The highest BCUT2D eigenvalue weighted by molar-refractivity contribution is 5.96. The third kappa shape index (κ3) is 1.89. The molecule has 2 aromatic heterocycles. The largest absolute Gasteiger partial charge is 0.478 e. The van der Waals surface area contributed by atoms with Gasteiger partial charge in [-0.25, -0.2) is 9.78 Å². The Balaban J connectivity index is 2.03. The number of aromatic nitrogens is 3. The monoisotopic (exact) mass is 279 g/mol. The number of carbonyl (C=O) groups is 1. The maximum absolute atomic E-state index is 11.5. The lowest BCUT2D eigenvalue weighted by molar-refractivity contribution is 0.0697. The van der Waals surface area contributed by atoms with Gasteiger partial charge in [-0.05, 0) is 25.0 Å². The van der Waals surface area contributed by atoms with Gasteiger partial charge in [0, 0.05) is 17.8 Å². The Morgan fingerprint density at radius 2 is 2.05 bits per heavy atom. The van der Waals surface area contributed by atoms with Crippen LogP contribution in [0.3, 0.4) is 0 Å². The van der Waals surface area contributed by atoms with Crippen molar-refractivity contribution in [2.24, 2.45) is 0 Å². The minimum absolute atomic E-state index is 0.280. The molecule has 1 fully saturated rings. The highest BCUT2D eigenvalue weighted by Crippen LogP contribution is 2.41. The standard InChI is InChI=1S/C16H13N3O2/c20-16(21)12-4-2-1-3-11(12)15-18-13-9-17-8-7-14(13)19(15)10-5-6-10/h1-4,7-10H,5-6H2,(H,20,21). The third-order valence-corrected chi connectivity index (χ3v) is 3.80. The number of carboxylic acid groups (broad SMARTS) is 1. The maximum atomic E-state index is 11.5. The van der Waals surface area contributed by atoms with Gasteiger partial charge in [-0.3, -0.25) is 4.98 Å². The average molecular weight is 279 g/mol. The second-order valence-corrected chi connectivity index (χ2v) is 5.25. The molecule has 0 radical (unpaired) electrons. The first-order chi connectivity index (χ1) is 10.3. The van der Waals surface area contributed by atoms with E-state index in [1.165, 1.54) is 0 Å². The van der Waals surface area contributed by atoms with Crippen LogP contribution in [0.5, 0.6) is 0 Å². The van der Waals surface area contributed by atoms with E-state index >= 15 is 0 Å². The molecule has 0 unspecified atom stereocenters. The van der Waals surface area contributed by atoms with Crippen molar-refractivity contribution in [3.05, 3.63) is 48.3 Å².